The number of rotatable bonds is 1. The fourth-order valence-corrected chi connectivity index (χ4v) is 1.91. The minimum absolute atomic E-state index is 0.837. The summed E-state index contributed by atoms with van der Waals surface area (Å²) in [5.41, 5.74) is 1.80. The average molecular weight is 402 g/mol. The van der Waals surface area contributed by atoms with Crippen LogP contribution in [0.3, 0.4) is 0 Å². The molecule has 0 bridgehead atoms. The maximum absolute atomic E-state index is 8.73. The van der Waals surface area contributed by atoms with Crippen LogP contribution >= 0.6 is 0 Å². The van der Waals surface area contributed by atoms with Crippen molar-refractivity contribution in [3.63, 3.8) is 0 Å². The van der Waals surface area contributed by atoms with Gasteiger partial charge in [0.05, 0.1) is 12.6 Å². The molecule has 3 rings (SSSR count). The van der Waals surface area contributed by atoms with E-state index in [-0.39, 0.29) is 0 Å². The van der Waals surface area contributed by atoms with Gasteiger partial charge in [-0.25, -0.2) is 0 Å². The van der Waals surface area contributed by atoms with E-state index in [2.05, 4.69) is 9.97 Å². The van der Waals surface area contributed by atoms with E-state index in [4.69, 9.17) is 18.5 Å². The van der Waals surface area contributed by atoms with Crippen LogP contribution in [0.4, 0.5) is 0 Å². The number of nitrogens with zero attached hydrogens (tertiary/aromatic N) is 2. The molecule has 110 valence electrons. The highest BCUT2D eigenvalue weighted by molar-refractivity contribution is 6.05. The Morgan fingerprint density at radius 2 is 1.62 bits per heavy atom. The van der Waals surface area contributed by atoms with E-state index in [0.717, 1.165) is 27.6 Å². The number of aromatic nitrogens is 2. The average Bonchev–Trinajstić information content (AvgIpc) is 2.44. The molecule has 1 aromatic carbocycles. The lowest BCUT2D eigenvalue weighted by Crippen LogP contribution is -4.23. The largest absolute Gasteiger partial charge is 0.496 e. The van der Waals surface area contributed by atoms with Gasteiger partial charge in [-0.15, -0.1) is 0 Å². The van der Waals surface area contributed by atoms with Crippen LogP contribution < -0.4 is 35.1 Å². The van der Waals surface area contributed by atoms with Gasteiger partial charge in [0.15, 0.2) is 0 Å². The first kappa shape index (κ1) is 15.8. The molecule has 1 N–H and O–H groups in total. The predicted octanol–water partition coefficient (Wildman–Crippen LogP) is -4.33. The number of hydrogen-bond donors (Lipinski definition) is 1. The number of hydrogen-bond acceptors (Lipinski definition) is 7. The molecule has 0 aliphatic carbocycles. The highest BCUT2D eigenvalue weighted by Gasteiger charge is 2.12. The van der Waals surface area contributed by atoms with Crippen molar-refractivity contribution in [2.75, 3.05) is 7.11 Å². The van der Waals surface area contributed by atoms with Gasteiger partial charge < -0.3 is 4.74 Å². The summed E-state index contributed by atoms with van der Waals surface area (Å²) in [4.78, 5) is 8.74. The summed E-state index contributed by atoms with van der Waals surface area (Å²) in [6.07, 6.45) is 3.55. The van der Waals surface area contributed by atoms with Gasteiger partial charge in [-0.2, -0.15) is 0 Å². The van der Waals surface area contributed by atoms with Crippen molar-refractivity contribution in [2.45, 2.75) is 0 Å². The molecule has 0 atom stereocenters. The number of fused-ring (bicyclic) bond motifs is 3. The Balaban J connectivity index is 0.000000282. The van der Waals surface area contributed by atoms with Crippen LogP contribution in [-0.4, -0.2) is 20.5 Å². The molecule has 0 radical (unpaired) electrons. The number of methoxy groups -OCH3 is 1. The lowest BCUT2D eigenvalue weighted by Gasteiger charge is -2.07. The molecule has 0 unspecified atom stereocenters. The van der Waals surface area contributed by atoms with Gasteiger partial charge in [0.25, 0.3) is 0 Å². The lowest BCUT2D eigenvalue weighted by atomic mass is 10.1. The van der Waals surface area contributed by atoms with E-state index in [1.54, 1.807) is 19.5 Å². The topological polar surface area (TPSA) is 124 Å². The van der Waals surface area contributed by atoms with Crippen LogP contribution in [0.15, 0.2) is 42.7 Å². The molecule has 0 saturated heterocycles. The van der Waals surface area contributed by atoms with Gasteiger partial charge in [0, 0.05) is 26.6 Å². The van der Waals surface area contributed by atoms with Crippen molar-refractivity contribution in [3.8, 4) is 5.75 Å². The Kier molecular flexibility index (Phi) is 4.85. The molecule has 8 heteroatoms. The fraction of sp³-hybridized carbons (Fsp3) is 0.0769. The Morgan fingerprint density at radius 1 is 1.05 bits per heavy atom. The number of halogens is 1. The molecule has 21 heavy (non-hydrogen) atoms. The Bertz CT molecular complexity index is 754. The SMILES string of the molecule is COc1cc2cccnc2c2ncccc12.[O-][I+3]([O-])([O-])O. The summed E-state index contributed by atoms with van der Waals surface area (Å²) in [5.74, 6) is 0.837. The Morgan fingerprint density at radius 3 is 2.24 bits per heavy atom. The first-order valence-corrected chi connectivity index (χ1v) is 9.30. The van der Waals surface area contributed by atoms with Gasteiger partial charge in [0.1, 0.15) is 11.3 Å². The molecule has 0 aliphatic rings. The molecular weight excluding hydrogens is 391 g/mol. The second-order valence-electron chi connectivity index (χ2n) is 3.95. The molecular formula is C13H11IN2O5. The van der Waals surface area contributed by atoms with Crippen molar-refractivity contribution in [3.05, 3.63) is 42.7 Å². The van der Waals surface area contributed by atoms with Crippen molar-refractivity contribution in [1.29, 1.82) is 0 Å². The van der Waals surface area contributed by atoms with Gasteiger partial charge in [-0.3, -0.25) is 20.3 Å². The molecule has 0 aliphatic heterocycles. The summed E-state index contributed by atoms with van der Waals surface area (Å²) in [6, 6.07) is 9.82. The van der Waals surface area contributed by atoms with Crippen molar-refractivity contribution in [2.24, 2.45) is 0 Å². The van der Waals surface area contributed by atoms with E-state index >= 15 is 0 Å². The van der Waals surface area contributed by atoms with E-state index in [1.165, 1.54) is 0 Å². The van der Waals surface area contributed by atoms with Gasteiger partial charge >= 0.3 is 20.1 Å². The molecule has 0 fully saturated rings. The Labute approximate surface area is 126 Å². The maximum Gasteiger partial charge on any atom is 0.368 e. The van der Waals surface area contributed by atoms with Crippen molar-refractivity contribution >= 4 is 21.8 Å². The van der Waals surface area contributed by atoms with Gasteiger partial charge in [-0.05, 0) is 24.3 Å². The first-order chi connectivity index (χ1) is 9.90. The van der Waals surface area contributed by atoms with Crippen LogP contribution in [0.1, 0.15) is 0 Å². The minimum Gasteiger partial charge on any atom is -0.496 e. The number of pyridine rings is 2. The smallest absolute Gasteiger partial charge is 0.368 e. The second-order valence-corrected chi connectivity index (χ2v) is 6.21. The first-order valence-electron chi connectivity index (χ1n) is 5.70. The van der Waals surface area contributed by atoms with E-state index in [1.807, 2.05) is 30.3 Å². The minimum atomic E-state index is -5.69. The summed E-state index contributed by atoms with van der Waals surface area (Å²) in [7, 11) is 1.67. The molecule has 2 aromatic heterocycles. The molecule has 0 amide bonds. The van der Waals surface area contributed by atoms with E-state index < -0.39 is 20.1 Å². The van der Waals surface area contributed by atoms with E-state index in [0.29, 0.717) is 0 Å². The zero-order valence-corrected chi connectivity index (χ0v) is 13.1. The van der Waals surface area contributed by atoms with Crippen LogP contribution in [0.5, 0.6) is 5.75 Å². The van der Waals surface area contributed by atoms with Gasteiger partial charge in [0.2, 0.25) is 0 Å². The highest BCUT2D eigenvalue weighted by Crippen LogP contribution is 2.30. The fourth-order valence-electron chi connectivity index (χ4n) is 1.91. The maximum atomic E-state index is 8.73. The quantitative estimate of drug-likeness (QED) is 0.323. The highest BCUT2D eigenvalue weighted by atomic mass is 127. The second kappa shape index (κ2) is 6.45. The van der Waals surface area contributed by atoms with Gasteiger partial charge in [-0.1, -0.05) is 6.07 Å². The zero-order chi connectivity index (χ0) is 15.5. The predicted molar refractivity (Wildman–Crippen MR) is 65.8 cm³/mol. The third-order valence-corrected chi connectivity index (χ3v) is 2.64. The number of benzene rings is 1. The van der Waals surface area contributed by atoms with Crippen molar-refractivity contribution < 1.29 is 38.6 Å². The summed E-state index contributed by atoms with van der Waals surface area (Å²) in [6.45, 7) is 0. The van der Waals surface area contributed by atoms with Crippen molar-refractivity contribution in [1.82, 2.24) is 9.97 Å². The monoisotopic (exact) mass is 402 g/mol. The van der Waals surface area contributed by atoms with Crippen LogP contribution in [0, 0.1) is 0 Å². The Hall–Kier alpha value is -1.59. The molecule has 7 nitrogen and oxygen atoms in total. The zero-order valence-electron chi connectivity index (χ0n) is 10.9. The normalized spacial score (nSPS) is 11.1. The lowest BCUT2D eigenvalue weighted by molar-refractivity contribution is -1.92. The summed E-state index contributed by atoms with van der Waals surface area (Å²) < 4.78 is 38.6. The third-order valence-electron chi connectivity index (χ3n) is 2.64. The molecule has 0 spiro atoms. The van der Waals surface area contributed by atoms with Crippen LogP contribution in [-0.2, 0) is 0 Å². The van der Waals surface area contributed by atoms with Crippen LogP contribution in [0.25, 0.3) is 21.8 Å². The molecule has 2 heterocycles. The summed E-state index contributed by atoms with van der Waals surface area (Å²) >= 11 is -5.69. The van der Waals surface area contributed by atoms with E-state index in [9.17, 15) is 0 Å². The molecule has 0 saturated carbocycles. The summed E-state index contributed by atoms with van der Waals surface area (Å²) in [5, 5.41) is 2.04. The number of ether oxygens (including phenoxy) is 1. The van der Waals surface area contributed by atoms with Crippen LogP contribution in [0.2, 0.25) is 0 Å². The molecule has 3 aromatic rings. The third kappa shape index (κ3) is 4.19. The standard InChI is InChI=1S/C13H10N2O.HIO4/c1-16-11-8-9-4-2-6-14-12(9)13-10(11)5-3-7-15-13;2-1(3,4)5/h2-8H,1H3;2H.